The number of ether oxygens (including phenoxy) is 1. The second kappa shape index (κ2) is 8.04. The smallest absolute Gasteiger partial charge is 0.320 e. The van der Waals surface area contributed by atoms with Gasteiger partial charge in [0, 0.05) is 23.0 Å². The molecule has 2 unspecified atom stereocenters. The summed E-state index contributed by atoms with van der Waals surface area (Å²) in [6, 6.07) is 4.92. The van der Waals surface area contributed by atoms with Crippen LogP contribution in [0.2, 0.25) is 0 Å². The number of ketones is 1. The third kappa shape index (κ3) is 4.10. The van der Waals surface area contributed by atoms with E-state index in [1.165, 1.54) is 12.1 Å². The molecule has 6 nitrogen and oxygen atoms in total. The molecular formula is C19H19BrFN3O3. The van der Waals surface area contributed by atoms with Crippen molar-refractivity contribution in [1.29, 1.82) is 0 Å². The average Bonchev–Trinajstić information content (AvgIpc) is 2.65. The number of pyridine rings is 1. The summed E-state index contributed by atoms with van der Waals surface area (Å²) in [6.45, 7) is 3.85. The van der Waals surface area contributed by atoms with E-state index < -0.39 is 17.9 Å². The Labute approximate surface area is 164 Å². The number of aromatic nitrogens is 1. The standard InChI is InChI=1S/C19H19BrFN3O3/c1-3-14(25)12-5-6-13(21)16-17(10(2)9-27-18(12)16)24-19(26)23-15-7-4-11(20)8-22-15/h4-8,10,17H,3,9H2,1-2H3,(H2,22,23,24,26). The van der Waals surface area contributed by atoms with Gasteiger partial charge in [0.2, 0.25) is 0 Å². The molecule has 142 valence electrons. The lowest BCUT2D eigenvalue weighted by Crippen LogP contribution is -2.40. The second-order valence-corrected chi connectivity index (χ2v) is 7.26. The molecule has 1 aromatic carbocycles. The van der Waals surface area contributed by atoms with Crippen molar-refractivity contribution in [3.05, 3.63) is 51.9 Å². The Kier molecular flexibility index (Phi) is 5.74. The lowest BCUT2D eigenvalue weighted by molar-refractivity contribution is 0.0979. The Bertz CT molecular complexity index is 873. The van der Waals surface area contributed by atoms with Crippen LogP contribution in [0, 0.1) is 11.7 Å². The molecule has 0 radical (unpaired) electrons. The Morgan fingerprint density at radius 2 is 2.11 bits per heavy atom. The largest absolute Gasteiger partial charge is 0.492 e. The van der Waals surface area contributed by atoms with Gasteiger partial charge in [0.15, 0.2) is 5.78 Å². The van der Waals surface area contributed by atoms with E-state index in [-0.39, 0.29) is 36.0 Å². The fourth-order valence-electron chi connectivity index (χ4n) is 2.98. The van der Waals surface area contributed by atoms with Crippen molar-refractivity contribution in [2.24, 2.45) is 5.92 Å². The summed E-state index contributed by atoms with van der Waals surface area (Å²) in [7, 11) is 0. The van der Waals surface area contributed by atoms with E-state index in [0.29, 0.717) is 11.4 Å². The topological polar surface area (TPSA) is 80.3 Å². The van der Waals surface area contributed by atoms with Gasteiger partial charge in [-0.3, -0.25) is 10.1 Å². The Morgan fingerprint density at radius 3 is 2.78 bits per heavy atom. The maximum Gasteiger partial charge on any atom is 0.320 e. The second-order valence-electron chi connectivity index (χ2n) is 6.34. The molecule has 27 heavy (non-hydrogen) atoms. The molecule has 2 N–H and O–H groups in total. The number of Topliss-reactive ketones (excluding diaryl/α,β-unsaturated/α-hetero) is 1. The van der Waals surface area contributed by atoms with Crippen LogP contribution in [0.5, 0.6) is 5.75 Å². The van der Waals surface area contributed by atoms with Crippen molar-refractivity contribution in [1.82, 2.24) is 10.3 Å². The molecule has 2 aromatic rings. The van der Waals surface area contributed by atoms with Crippen molar-refractivity contribution in [2.75, 3.05) is 11.9 Å². The van der Waals surface area contributed by atoms with Gasteiger partial charge in [-0.05, 0) is 40.2 Å². The molecule has 1 aromatic heterocycles. The van der Waals surface area contributed by atoms with Crippen molar-refractivity contribution in [3.8, 4) is 5.75 Å². The summed E-state index contributed by atoms with van der Waals surface area (Å²) < 4.78 is 21.0. The Balaban J connectivity index is 1.87. The predicted octanol–water partition coefficient (Wildman–Crippen LogP) is 4.47. The van der Waals surface area contributed by atoms with Crippen LogP contribution >= 0.6 is 15.9 Å². The lowest BCUT2D eigenvalue weighted by Gasteiger charge is -2.33. The number of anilines is 1. The SMILES string of the molecule is CCC(=O)c1ccc(F)c2c1OCC(C)C2NC(=O)Nc1ccc(Br)cn1. The van der Waals surface area contributed by atoms with Crippen LogP contribution in [0.25, 0.3) is 0 Å². The molecule has 0 bridgehead atoms. The first kappa shape index (κ1) is 19.3. The summed E-state index contributed by atoms with van der Waals surface area (Å²) in [6.07, 6.45) is 1.84. The first-order valence-corrected chi connectivity index (χ1v) is 9.37. The van der Waals surface area contributed by atoms with Gasteiger partial charge in [0.25, 0.3) is 0 Å². The van der Waals surface area contributed by atoms with Crippen LogP contribution in [-0.4, -0.2) is 23.4 Å². The zero-order valence-electron chi connectivity index (χ0n) is 14.9. The molecule has 2 heterocycles. The van der Waals surface area contributed by atoms with E-state index in [2.05, 4.69) is 31.5 Å². The number of urea groups is 1. The van der Waals surface area contributed by atoms with Crippen LogP contribution in [0.4, 0.5) is 15.0 Å². The number of nitrogens with zero attached hydrogens (tertiary/aromatic N) is 1. The van der Waals surface area contributed by atoms with Crippen LogP contribution in [-0.2, 0) is 0 Å². The van der Waals surface area contributed by atoms with Crippen molar-refractivity contribution < 1.29 is 18.7 Å². The molecule has 2 atom stereocenters. The van der Waals surface area contributed by atoms with E-state index >= 15 is 0 Å². The maximum absolute atomic E-state index is 14.6. The van der Waals surface area contributed by atoms with E-state index in [1.807, 2.05) is 6.92 Å². The van der Waals surface area contributed by atoms with E-state index in [4.69, 9.17) is 4.74 Å². The van der Waals surface area contributed by atoms with Crippen LogP contribution in [0.1, 0.15) is 42.2 Å². The fraction of sp³-hybridized carbons (Fsp3) is 0.316. The molecule has 0 spiro atoms. The number of carbonyl (C=O) groups excluding carboxylic acids is 2. The Morgan fingerprint density at radius 1 is 1.33 bits per heavy atom. The monoisotopic (exact) mass is 435 g/mol. The molecule has 0 saturated carbocycles. The summed E-state index contributed by atoms with van der Waals surface area (Å²) >= 11 is 3.28. The Hall–Kier alpha value is -2.48. The highest BCUT2D eigenvalue weighted by molar-refractivity contribution is 9.10. The zero-order chi connectivity index (χ0) is 19.6. The third-order valence-electron chi connectivity index (χ3n) is 4.39. The summed E-state index contributed by atoms with van der Waals surface area (Å²) in [5.41, 5.74) is 0.537. The zero-order valence-corrected chi connectivity index (χ0v) is 16.5. The highest BCUT2D eigenvalue weighted by Gasteiger charge is 2.34. The normalized spacial score (nSPS) is 18.2. The van der Waals surface area contributed by atoms with Crippen molar-refractivity contribution >= 4 is 33.6 Å². The summed E-state index contributed by atoms with van der Waals surface area (Å²) in [5.74, 6) is -0.250. The van der Waals surface area contributed by atoms with Gasteiger partial charge in [-0.25, -0.2) is 14.2 Å². The third-order valence-corrected chi connectivity index (χ3v) is 4.86. The molecule has 0 fully saturated rings. The minimum atomic E-state index is -0.631. The number of fused-ring (bicyclic) bond motifs is 1. The predicted molar refractivity (Wildman–Crippen MR) is 103 cm³/mol. The van der Waals surface area contributed by atoms with Gasteiger partial charge < -0.3 is 10.1 Å². The number of hydrogen-bond donors (Lipinski definition) is 2. The number of carbonyl (C=O) groups is 2. The quantitative estimate of drug-likeness (QED) is 0.694. The molecule has 3 rings (SSSR count). The number of halogens is 2. The molecule has 1 aliphatic rings. The van der Waals surface area contributed by atoms with Gasteiger partial charge >= 0.3 is 6.03 Å². The highest BCUT2D eigenvalue weighted by Crippen LogP contribution is 2.40. The number of nitrogens with one attached hydrogen (secondary N) is 2. The number of rotatable bonds is 4. The van der Waals surface area contributed by atoms with E-state index in [1.54, 1.807) is 25.3 Å². The van der Waals surface area contributed by atoms with Crippen LogP contribution in [0.3, 0.4) is 0 Å². The van der Waals surface area contributed by atoms with Gasteiger partial charge in [-0.2, -0.15) is 0 Å². The first-order chi connectivity index (χ1) is 12.9. The molecule has 1 aliphatic heterocycles. The van der Waals surface area contributed by atoms with E-state index in [9.17, 15) is 14.0 Å². The number of hydrogen-bond acceptors (Lipinski definition) is 4. The van der Waals surface area contributed by atoms with Crippen molar-refractivity contribution in [3.63, 3.8) is 0 Å². The average molecular weight is 436 g/mol. The minimum Gasteiger partial charge on any atom is -0.492 e. The summed E-state index contributed by atoms with van der Waals surface area (Å²) in [4.78, 5) is 28.6. The fourth-order valence-corrected chi connectivity index (χ4v) is 3.22. The number of benzene rings is 1. The molecule has 2 amide bonds. The molecular weight excluding hydrogens is 417 g/mol. The minimum absolute atomic E-state index is 0.136. The lowest BCUT2D eigenvalue weighted by atomic mass is 9.89. The first-order valence-electron chi connectivity index (χ1n) is 8.58. The summed E-state index contributed by atoms with van der Waals surface area (Å²) in [5, 5.41) is 5.40. The molecule has 0 aliphatic carbocycles. The van der Waals surface area contributed by atoms with Crippen LogP contribution < -0.4 is 15.4 Å². The number of amides is 2. The van der Waals surface area contributed by atoms with Crippen LogP contribution in [0.15, 0.2) is 34.9 Å². The van der Waals surface area contributed by atoms with Gasteiger partial charge in [-0.1, -0.05) is 13.8 Å². The molecule has 8 heteroatoms. The van der Waals surface area contributed by atoms with Gasteiger partial charge in [-0.15, -0.1) is 0 Å². The van der Waals surface area contributed by atoms with Crippen molar-refractivity contribution in [2.45, 2.75) is 26.3 Å². The van der Waals surface area contributed by atoms with Gasteiger partial charge in [0.1, 0.15) is 17.4 Å². The molecule has 0 saturated heterocycles. The maximum atomic E-state index is 14.6. The highest BCUT2D eigenvalue weighted by atomic mass is 79.9. The van der Waals surface area contributed by atoms with Gasteiger partial charge in [0.05, 0.1) is 23.8 Å². The van der Waals surface area contributed by atoms with E-state index in [0.717, 1.165) is 4.47 Å².